The van der Waals surface area contributed by atoms with Gasteiger partial charge in [-0.05, 0) is 43.0 Å². The molecule has 4 nitrogen and oxygen atoms in total. The summed E-state index contributed by atoms with van der Waals surface area (Å²) < 4.78 is 5.63. The molecule has 20 heavy (non-hydrogen) atoms. The second-order valence-electron chi connectivity index (χ2n) is 5.05. The number of carbonyl (C=O) groups excluding carboxylic acids is 1. The van der Waals surface area contributed by atoms with Crippen molar-refractivity contribution in [1.29, 1.82) is 0 Å². The van der Waals surface area contributed by atoms with E-state index in [2.05, 4.69) is 17.6 Å². The fourth-order valence-corrected chi connectivity index (χ4v) is 2.61. The van der Waals surface area contributed by atoms with E-state index in [4.69, 9.17) is 16.3 Å². The molecular formula is C15H21ClN2O2. The number of carbonyl (C=O) groups is 1. The first-order chi connectivity index (χ1) is 9.69. The van der Waals surface area contributed by atoms with E-state index >= 15 is 0 Å². The lowest BCUT2D eigenvalue weighted by Gasteiger charge is -2.17. The quantitative estimate of drug-likeness (QED) is 0.848. The number of amides is 1. The maximum absolute atomic E-state index is 11.8. The molecule has 0 spiro atoms. The zero-order chi connectivity index (χ0) is 14.4. The van der Waals surface area contributed by atoms with Crippen LogP contribution in [0.5, 0.6) is 0 Å². The minimum absolute atomic E-state index is 0.0423. The van der Waals surface area contributed by atoms with Crippen LogP contribution in [0.3, 0.4) is 0 Å². The minimum Gasteiger partial charge on any atom is -0.378 e. The highest BCUT2D eigenvalue weighted by atomic mass is 35.5. The number of ether oxygens (including phenoxy) is 1. The van der Waals surface area contributed by atoms with Gasteiger partial charge in [-0.3, -0.25) is 4.79 Å². The van der Waals surface area contributed by atoms with Crippen molar-refractivity contribution >= 4 is 23.2 Å². The second-order valence-corrected chi connectivity index (χ2v) is 5.49. The highest BCUT2D eigenvalue weighted by molar-refractivity contribution is 6.30. The van der Waals surface area contributed by atoms with Gasteiger partial charge in [0.1, 0.15) is 0 Å². The van der Waals surface area contributed by atoms with Crippen LogP contribution in [0.2, 0.25) is 5.02 Å². The largest absolute Gasteiger partial charge is 0.378 e. The van der Waals surface area contributed by atoms with Crippen molar-refractivity contribution in [2.75, 3.05) is 25.0 Å². The average molecular weight is 297 g/mol. The maximum Gasteiger partial charge on any atom is 0.238 e. The van der Waals surface area contributed by atoms with Gasteiger partial charge in [0.15, 0.2) is 0 Å². The van der Waals surface area contributed by atoms with Crippen molar-refractivity contribution in [3.05, 3.63) is 29.3 Å². The number of nitrogens with one attached hydrogen (secondary N) is 2. The summed E-state index contributed by atoms with van der Waals surface area (Å²) in [5.74, 6) is 0.475. The summed E-state index contributed by atoms with van der Waals surface area (Å²) in [6, 6.07) is 7.09. The van der Waals surface area contributed by atoms with Gasteiger partial charge in [-0.2, -0.15) is 0 Å². The van der Waals surface area contributed by atoms with Crippen molar-refractivity contribution in [2.24, 2.45) is 5.92 Å². The average Bonchev–Trinajstić information content (AvgIpc) is 2.89. The molecule has 1 aromatic rings. The van der Waals surface area contributed by atoms with E-state index in [0.29, 0.717) is 23.6 Å². The van der Waals surface area contributed by atoms with E-state index < -0.39 is 0 Å². The molecule has 1 heterocycles. The summed E-state index contributed by atoms with van der Waals surface area (Å²) in [5, 5.41) is 6.69. The van der Waals surface area contributed by atoms with Gasteiger partial charge in [0.25, 0.3) is 0 Å². The van der Waals surface area contributed by atoms with Crippen molar-refractivity contribution in [3.63, 3.8) is 0 Å². The monoisotopic (exact) mass is 296 g/mol. The molecule has 5 heteroatoms. The lowest BCUT2D eigenvalue weighted by molar-refractivity contribution is -0.115. The van der Waals surface area contributed by atoms with Gasteiger partial charge in [-0.15, -0.1) is 0 Å². The first-order valence-corrected chi connectivity index (χ1v) is 7.44. The highest BCUT2D eigenvalue weighted by Crippen LogP contribution is 2.22. The molecule has 1 aliphatic heterocycles. The van der Waals surface area contributed by atoms with Crippen molar-refractivity contribution in [1.82, 2.24) is 5.32 Å². The Balaban J connectivity index is 1.69. The molecule has 2 N–H and O–H groups in total. The summed E-state index contributed by atoms with van der Waals surface area (Å²) in [7, 11) is 0. The predicted octanol–water partition coefficient (Wildman–Crippen LogP) is 2.68. The molecule has 0 aromatic heterocycles. The molecule has 1 saturated heterocycles. The number of rotatable bonds is 6. The van der Waals surface area contributed by atoms with Gasteiger partial charge in [0.05, 0.1) is 12.6 Å². The van der Waals surface area contributed by atoms with Crippen LogP contribution in [0.4, 0.5) is 5.69 Å². The smallest absolute Gasteiger partial charge is 0.238 e. The fourth-order valence-electron chi connectivity index (χ4n) is 2.49. The number of anilines is 1. The lowest BCUT2D eigenvalue weighted by Crippen LogP contribution is -2.34. The lowest BCUT2D eigenvalue weighted by atomic mass is 10.00. The molecule has 1 fully saturated rings. The summed E-state index contributed by atoms with van der Waals surface area (Å²) in [6.07, 6.45) is 2.44. The zero-order valence-electron chi connectivity index (χ0n) is 11.7. The van der Waals surface area contributed by atoms with Crippen LogP contribution in [0.25, 0.3) is 0 Å². The van der Waals surface area contributed by atoms with Crippen LogP contribution in [0.1, 0.15) is 19.8 Å². The Labute approximate surface area is 124 Å². The topological polar surface area (TPSA) is 50.4 Å². The minimum atomic E-state index is -0.0423. The number of halogens is 1. The molecule has 2 unspecified atom stereocenters. The van der Waals surface area contributed by atoms with Gasteiger partial charge < -0.3 is 15.4 Å². The third-order valence-electron chi connectivity index (χ3n) is 3.57. The Morgan fingerprint density at radius 2 is 2.15 bits per heavy atom. The van der Waals surface area contributed by atoms with Crippen LogP contribution in [0, 0.1) is 5.92 Å². The Morgan fingerprint density at radius 1 is 1.40 bits per heavy atom. The fraction of sp³-hybridized carbons (Fsp3) is 0.533. The second kappa shape index (κ2) is 7.62. The van der Waals surface area contributed by atoms with Gasteiger partial charge in [0, 0.05) is 23.9 Å². The van der Waals surface area contributed by atoms with E-state index in [1.807, 2.05) is 0 Å². The van der Waals surface area contributed by atoms with E-state index in [1.54, 1.807) is 24.3 Å². The van der Waals surface area contributed by atoms with Crippen LogP contribution < -0.4 is 10.6 Å². The third-order valence-corrected chi connectivity index (χ3v) is 3.82. The standard InChI is InChI=1S/C15H21ClN2O2/c1-2-14-11(7-8-20-14)9-17-10-15(19)18-13-5-3-12(16)4-6-13/h3-6,11,14,17H,2,7-10H2,1H3,(H,18,19). The van der Waals surface area contributed by atoms with Crippen LogP contribution in [-0.2, 0) is 9.53 Å². The molecule has 1 aromatic carbocycles. The molecule has 1 amide bonds. The number of hydrogen-bond donors (Lipinski definition) is 2. The Bertz CT molecular complexity index is 436. The molecule has 0 radical (unpaired) electrons. The normalized spacial score (nSPS) is 21.9. The number of hydrogen-bond acceptors (Lipinski definition) is 3. The van der Waals surface area contributed by atoms with E-state index in [-0.39, 0.29) is 5.91 Å². The summed E-state index contributed by atoms with van der Waals surface area (Å²) in [6.45, 7) is 4.11. The molecular weight excluding hydrogens is 276 g/mol. The Hall–Kier alpha value is -1.10. The Morgan fingerprint density at radius 3 is 2.85 bits per heavy atom. The molecule has 0 aliphatic carbocycles. The first kappa shape index (κ1) is 15.3. The third kappa shape index (κ3) is 4.47. The van der Waals surface area contributed by atoms with Crippen LogP contribution in [0.15, 0.2) is 24.3 Å². The summed E-state index contributed by atoms with van der Waals surface area (Å²) >= 11 is 5.79. The van der Waals surface area contributed by atoms with E-state index in [0.717, 1.165) is 31.7 Å². The van der Waals surface area contributed by atoms with Gasteiger partial charge in [-0.25, -0.2) is 0 Å². The van der Waals surface area contributed by atoms with Gasteiger partial charge >= 0.3 is 0 Å². The van der Waals surface area contributed by atoms with Crippen molar-refractivity contribution in [2.45, 2.75) is 25.9 Å². The molecule has 2 atom stereocenters. The highest BCUT2D eigenvalue weighted by Gasteiger charge is 2.26. The molecule has 110 valence electrons. The number of benzene rings is 1. The molecule has 0 bridgehead atoms. The van der Waals surface area contributed by atoms with E-state index in [1.165, 1.54) is 0 Å². The first-order valence-electron chi connectivity index (χ1n) is 7.06. The van der Waals surface area contributed by atoms with Crippen LogP contribution in [-0.4, -0.2) is 31.7 Å². The van der Waals surface area contributed by atoms with Crippen LogP contribution >= 0.6 is 11.6 Å². The summed E-state index contributed by atoms with van der Waals surface area (Å²) in [4.78, 5) is 11.8. The Kier molecular flexibility index (Phi) is 5.83. The zero-order valence-corrected chi connectivity index (χ0v) is 12.5. The molecule has 1 aliphatic rings. The van der Waals surface area contributed by atoms with E-state index in [9.17, 15) is 4.79 Å². The maximum atomic E-state index is 11.8. The van der Waals surface area contributed by atoms with Crippen molar-refractivity contribution in [3.8, 4) is 0 Å². The van der Waals surface area contributed by atoms with Gasteiger partial charge in [-0.1, -0.05) is 18.5 Å². The van der Waals surface area contributed by atoms with Crippen molar-refractivity contribution < 1.29 is 9.53 Å². The molecule has 0 saturated carbocycles. The summed E-state index contributed by atoms with van der Waals surface area (Å²) in [5.41, 5.74) is 0.761. The predicted molar refractivity (Wildman–Crippen MR) is 81.1 cm³/mol. The SMILES string of the molecule is CCC1OCCC1CNCC(=O)Nc1ccc(Cl)cc1. The van der Waals surface area contributed by atoms with Gasteiger partial charge in [0.2, 0.25) is 5.91 Å². The molecule has 2 rings (SSSR count).